The number of para-hydroxylation sites is 1. The van der Waals surface area contributed by atoms with Crippen molar-refractivity contribution in [2.45, 2.75) is 39.5 Å². The highest BCUT2D eigenvalue weighted by atomic mass is 16.3. The topological polar surface area (TPSA) is 112 Å². The molecule has 2 N–H and O–H groups in total. The zero-order chi connectivity index (χ0) is 27.5. The molecule has 1 fully saturated rings. The average Bonchev–Trinajstić information content (AvgIpc) is 3.39. The van der Waals surface area contributed by atoms with E-state index < -0.39 is 11.8 Å². The number of hydrogen-bond donors (Lipinski definition) is 2. The van der Waals surface area contributed by atoms with Gasteiger partial charge < -0.3 is 24.9 Å². The maximum atomic E-state index is 12.9. The highest BCUT2D eigenvalue weighted by Gasteiger charge is 2.28. The van der Waals surface area contributed by atoms with E-state index in [1.165, 1.54) is 0 Å². The summed E-state index contributed by atoms with van der Waals surface area (Å²) in [5.41, 5.74) is 3.02. The smallest absolute Gasteiger partial charge is 0.313 e. The summed E-state index contributed by atoms with van der Waals surface area (Å²) in [5.74, 6) is -1.17. The van der Waals surface area contributed by atoms with Gasteiger partial charge in [-0.3, -0.25) is 19.2 Å². The molecular weight excluding hydrogens is 496 g/mol. The molecule has 0 atom stereocenters. The first kappa shape index (κ1) is 26.5. The number of rotatable bonds is 5. The van der Waals surface area contributed by atoms with Crippen LogP contribution in [0.25, 0.3) is 11.0 Å². The third kappa shape index (κ3) is 5.82. The molecule has 4 amide bonds. The van der Waals surface area contributed by atoms with Crippen molar-refractivity contribution in [2.75, 3.05) is 36.4 Å². The van der Waals surface area contributed by atoms with E-state index in [0.717, 1.165) is 42.3 Å². The van der Waals surface area contributed by atoms with Gasteiger partial charge in [0.25, 0.3) is 5.91 Å². The molecule has 0 unspecified atom stereocenters. The predicted molar refractivity (Wildman–Crippen MR) is 148 cm³/mol. The zero-order valence-corrected chi connectivity index (χ0v) is 22.4. The SMILES string of the molecule is CC(C)C(=O)N1CCCc2ccc(NC(=O)C(=O)NCC3CCN(C(=O)c4cc5ccccc5o4)CC3)cc21. The van der Waals surface area contributed by atoms with Gasteiger partial charge in [0.05, 0.1) is 0 Å². The molecule has 2 aliphatic heterocycles. The van der Waals surface area contributed by atoms with Gasteiger partial charge in [0.1, 0.15) is 5.58 Å². The van der Waals surface area contributed by atoms with Crippen LogP contribution in [0.4, 0.5) is 11.4 Å². The van der Waals surface area contributed by atoms with E-state index in [0.29, 0.717) is 43.2 Å². The number of carbonyl (C=O) groups excluding carboxylic acids is 4. The summed E-state index contributed by atoms with van der Waals surface area (Å²) in [4.78, 5) is 54.2. The molecular formula is C30H34N4O5. The Morgan fingerprint density at radius 2 is 1.74 bits per heavy atom. The minimum Gasteiger partial charge on any atom is -0.451 e. The largest absolute Gasteiger partial charge is 0.451 e. The molecule has 2 aromatic carbocycles. The highest BCUT2D eigenvalue weighted by molar-refractivity contribution is 6.39. The summed E-state index contributed by atoms with van der Waals surface area (Å²) in [6.07, 6.45) is 3.21. The van der Waals surface area contributed by atoms with Gasteiger partial charge in [-0.05, 0) is 61.4 Å². The van der Waals surface area contributed by atoms with Gasteiger partial charge in [0, 0.05) is 48.9 Å². The van der Waals surface area contributed by atoms with Gasteiger partial charge in [-0.25, -0.2) is 0 Å². The summed E-state index contributed by atoms with van der Waals surface area (Å²) in [6, 6.07) is 14.7. The van der Waals surface area contributed by atoms with Crippen molar-refractivity contribution >= 4 is 46.0 Å². The van der Waals surface area contributed by atoms with Crippen LogP contribution >= 0.6 is 0 Å². The van der Waals surface area contributed by atoms with E-state index in [9.17, 15) is 19.2 Å². The summed E-state index contributed by atoms with van der Waals surface area (Å²) in [7, 11) is 0. The van der Waals surface area contributed by atoms with Crippen molar-refractivity contribution < 1.29 is 23.6 Å². The number of anilines is 2. The number of likely N-dealkylation sites (tertiary alicyclic amines) is 1. The van der Waals surface area contributed by atoms with E-state index in [1.54, 1.807) is 28.0 Å². The van der Waals surface area contributed by atoms with Gasteiger partial charge in [0.2, 0.25) is 5.91 Å². The number of piperidine rings is 1. The third-order valence-corrected chi connectivity index (χ3v) is 7.52. The Labute approximate surface area is 227 Å². The molecule has 2 aliphatic rings. The van der Waals surface area contributed by atoms with Crippen molar-refractivity contribution in [3.05, 3.63) is 59.9 Å². The number of furan rings is 1. The van der Waals surface area contributed by atoms with E-state index in [2.05, 4.69) is 10.6 Å². The first-order valence-electron chi connectivity index (χ1n) is 13.6. The van der Waals surface area contributed by atoms with Crippen LogP contribution in [0, 0.1) is 11.8 Å². The second kappa shape index (κ2) is 11.3. The lowest BCUT2D eigenvalue weighted by molar-refractivity contribution is -0.136. The molecule has 0 saturated carbocycles. The number of nitrogens with one attached hydrogen (secondary N) is 2. The van der Waals surface area contributed by atoms with Crippen LogP contribution in [-0.4, -0.2) is 54.7 Å². The molecule has 1 aromatic heterocycles. The van der Waals surface area contributed by atoms with Crippen LogP contribution in [0.3, 0.4) is 0 Å². The first-order chi connectivity index (χ1) is 18.8. The number of benzene rings is 2. The van der Waals surface area contributed by atoms with E-state index in [1.807, 2.05) is 44.2 Å². The lowest BCUT2D eigenvalue weighted by Gasteiger charge is -2.31. The lowest BCUT2D eigenvalue weighted by Crippen LogP contribution is -2.43. The molecule has 0 aliphatic carbocycles. The maximum absolute atomic E-state index is 12.9. The Morgan fingerprint density at radius 1 is 0.974 bits per heavy atom. The zero-order valence-electron chi connectivity index (χ0n) is 22.4. The first-order valence-corrected chi connectivity index (χ1v) is 13.6. The van der Waals surface area contributed by atoms with Gasteiger partial charge in [0.15, 0.2) is 5.76 Å². The van der Waals surface area contributed by atoms with Crippen LogP contribution < -0.4 is 15.5 Å². The Kier molecular flexibility index (Phi) is 7.67. The average molecular weight is 531 g/mol. The van der Waals surface area contributed by atoms with Crippen LogP contribution in [0.5, 0.6) is 0 Å². The van der Waals surface area contributed by atoms with Crippen molar-refractivity contribution in [1.29, 1.82) is 0 Å². The Hall–Kier alpha value is -4.14. The number of aryl methyl sites for hydroxylation is 1. The quantitative estimate of drug-likeness (QED) is 0.485. The van der Waals surface area contributed by atoms with E-state index in [4.69, 9.17) is 4.42 Å². The molecule has 3 heterocycles. The lowest BCUT2D eigenvalue weighted by atomic mass is 9.96. The van der Waals surface area contributed by atoms with Crippen LogP contribution in [0.2, 0.25) is 0 Å². The molecule has 0 bridgehead atoms. The maximum Gasteiger partial charge on any atom is 0.313 e. The Bertz CT molecular complexity index is 1370. The molecule has 3 aromatic rings. The summed E-state index contributed by atoms with van der Waals surface area (Å²) in [6.45, 7) is 5.86. The van der Waals surface area contributed by atoms with Crippen molar-refractivity contribution in [3.8, 4) is 0 Å². The molecule has 9 heteroatoms. The standard InChI is InChI=1S/C30H34N4O5/c1-19(2)29(37)34-13-5-7-21-9-10-23(17-24(21)34)32-28(36)27(35)31-18-20-11-14-33(15-12-20)30(38)26-16-22-6-3-4-8-25(22)39-26/h3-4,6,8-10,16-17,19-20H,5,7,11-15,18H2,1-2H3,(H,31,35)(H,32,36). The van der Waals surface area contributed by atoms with E-state index in [-0.39, 0.29) is 23.7 Å². The van der Waals surface area contributed by atoms with Crippen LogP contribution in [0.1, 0.15) is 49.2 Å². The Morgan fingerprint density at radius 3 is 2.49 bits per heavy atom. The summed E-state index contributed by atoms with van der Waals surface area (Å²) >= 11 is 0. The van der Waals surface area contributed by atoms with Gasteiger partial charge in [-0.2, -0.15) is 0 Å². The molecule has 0 radical (unpaired) electrons. The van der Waals surface area contributed by atoms with E-state index >= 15 is 0 Å². The molecule has 204 valence electrons. The number of carbonyl (C=O) groups is 4. The minimum absolute atomic E-state index is 0.0440. The third-order valence-electron chi connectivity index (χ3n) is 7.52. The second-order valence-corrected chi connectivity index (χ2v) is 10.6. The molecule has 0 spiro atoms. The number of amides is 4. The molecule has 1 saturated heterocycles. The highest BCUT2D eigenvalue weighted by Crippen LogP contribution is 2.31. The fourth-order valence-electron chi connectivity index (χ4n) is 5.28. The summed E-state index contributed by atoms with van der Waals surface area (Å²) < 4.78 is 5.71. The molecule has 5 rings (SSSR count). The predicted octanol–water partition coefficient (Wildman–Crippen LogP) is 3.98. The van der Waals surface area contributed by atoms with Crippen LogP contribution in [0.15, 0.2) is 52.9 Å². The fourth-order valence-corrected chi connectivity index (χ4v) is 5.28. The van der Waals surface area contributed by atoms with Crippen molar-refractivity contribution in [1.82, 2.24) is 10.2 Å². The minimum atomic E-state index is -0.745. The normalized spacial score (nSPS) is 15.8. The molecule has 39 heavy (non-hydrogen) atoms. The van der Waals surface area contributed by atoms with Gasteiger partial charge in [-0.15, -0.1) is 0 Å². The Balaban J connectivity index is 1.11. The number of fused-ring (bicyclic) bond motifs is 2. The van der Waals surface area contributed by atoms with Crippen LogP contribution in [-0.2, 0) is 20.8 Å². The number of nitrogens with zero attached hydrogens (tertiary/aromatic N) is 2. The van der Waals surface area contributed by atoms with Gasteiger partial charge in [-0.1, -0.05) is 38.1 Å². The monoisotopic (exact) mass is 530 g/mol. The van der Waals surface area contributed by atoms with Crippen molar-refractivity contribution in [3.63, 3.8) is 0 Å². The number of hydrogen-bond acceptors (Lipinski definition) is 5. The molecule has 9 nitrogen and oxygen atoms in total. The fraction of sp³-hybridized carbons (Fsp3) is 0.400. The van der Waals surface area contributed by atoms with Gasteiger partial charge >= 0.3 is 11.8 Å². The summed E-state index contributed by atoms with van der Waals surface area (Å²) in [5, 5.41) is 6.30. The second-order valence-electron chi connectivity index (χ2n) is 10.6. The van der Waals surface area contributed by atoms with Crippen molar-refractivity contribution in [2.24, 2.45) is 11.8 Å².